The zero-order valence-electron chi connectivity index (χ0n) is 10.3. The summed E-state index contributed by atoms with van der Waals surface area (Å²) in [5, 5.41) is 0.514. The van der Waals surface area contributed by atoms with E-state index in [9.17, 15) is 12.8 Å². The molecule has 0 aliphatic heterocycles. The van der Waals surface area contributed by atoms with Crippen LogP contribution in [-0.4, -0.2) is 8.42 Å². The lowest BCUT2D eigenvalue weighted by Crippen LogP contribution is -2.14. The monoisotopic (exact) mass is 377 g/mol. The van der Waals surface area contributed by atoms with Gasteiger partial charge >= 0.3 is 0 Å². The summed E-state index contributed by atoms with van der Waals surface area (Å²) in [6.07, 6.45) is 0. The summed E-state index contributed by atoms with van der Waals surface area (Å²) in [5.74, 6) is -0.638. The maximum absolute atomic E-state index is 13.4. The maximum Gasteiger partial charge on any atom is 0.262 e. The molecule has 0 spiro atoms. The van der Waals surface area contributed by atoms with Crippen LogP contribution in [-0.2, 0) is 10.0 Å². The number of halogens is 3. The number of hydrogen-bond donors (Lipinski definition) is 1. The third kappa shape index (κ3) is 3.31. The predicted octanol–water partition coefficient (Wildman–Crippen LogP) is 4.35. The quantitative estimate of drug-likeness (QED) is 0.863. The third-order valence-corrected chi connectivity index (χ3v) is 4.88. The van der Waals surface area contributed by atoms with Crippen molar-refractivity contribution >= 4 is 43.2 Å². The summed E-state index contributed by atoms with van der Waals surface area (Å²) in [6.45, 7) is 1.73. The van der Waals surface area contributed by atoms with Gasteiger partial charge in [-0.05, 0) is 64.8 Å². The van der Waals surface area contributed by atoms with E-state index in [-0.39, 0.29) is 9.37 Å². The molecule has 2 aromatic rings. The summed E-state index contributed by atoms with van der Waals surface area (Å²) in [6, 6.07) is 8.40. The van der Waals surface area contributed by atoms with E-state index in [2.05, 4.69) is 20.7 Å². The molecule has 0 heterocycles. The highest BCUT2D eigenvalue weighted by molar-refractivity contribution is 9.10. The highest BCUT2D eigenvalue weighted by atomic mass is 79.9. The molecule has 0 radical (unpaired) electrons. The maximum atomic E-state index is 13.4. The Morgan fingerprint density at radius 3 is 2.50 bits per heavy atom. The molecule has 2 aromatic carbocycles. The lowest BCUT2D eigenvalue weighted by Gasteiger charge is -2.11. The second kappa shape index (κ2) is 5.71. The molecule has 0 bridgehead atoms. The number of rotatable bonds is 3. The van der Waals surface area contributed by atoms with Crippen LogP contribution < -0.4 is 4.72 Å². The van der Waals surface area contributed by atoms with Crippen molar-refractivity contribution in [1.82, 2.24) is 0 Å². The largest absolute Gasteiger partial charge is 0.279 e. The van der Waals surface area contributed by atoms with Crippen LogP contribution >= 0.6 is 27.5 Å². The van der Waals surface area contributed by atoms with E-state index in [0.717, 1.165) is 6.07 Å². The molecule has 0 unspecified atom stereocenters. The van der Waals surface area contributed by atoms with Gasteiger partial charge in [0.1, 0.15) is 5.82 Å². The molecular weight excluding hydrogens is 369 g/mol. The van der Waals surface area contributed by atoms with Gasteiger partial charge in [-0.25, -0.2) is 12.8 Å². The summed E-state index contributed by atoms with van der Waals surface area (Å²) >= 11 is 8.79. The van der Waals surface area contributed by atoms with E-state index in [0.29, 0.717) is 16.3 Å². The molecule has 20 heavy (non-hydrogen) atoms. The fraction of sp³-hybridized carbons (Fsp3) is 0.0769. The van der Waals surface area contributed by atoms with Crippen LogP contribution in [0.2, 0.25) is 5.02 Å². The standard InChI is InChI=1S/C13H10BrClFNO2S/c1-8-6-9(15)2-5-13(8)17-20(18,19)10-3-4-11(14)12(16)7-10/h2-7,17H,1H3. The average molecular weight is 379 g/mol. The summed E-state index contributed by atoms with van der Waals surface area (Å²) in [7, 11) is -3.84. The Labute approximate surface area is 130 Å². The van der Waals surface area contributed by atoms with Gasteiger partial charge in [-0.1, -0.05) is 11.6 Å². The van der Waals surface area contributed by atoms with Crippen molar-refractivity contribution in [2.24, 2.45) is 0 Å². The number of sulfonamides is 1. The number of aryl methyl sites for hydroxylation is 1. The molecule has 0 saturated carbocycles. The van der Waals surface area contributed by atoms with Gasteiger partial charge in [0.05, 0.1) is 15.1 Å². The Hall–Kier alpha value is -1.11. The zero-order valence-corrected chi connectivity index (χ0v) is 13.5. The molecule has 2 rings (SSSR count). The van der Waals surface area contributed by atoms with Gasteiger partial charge in [-0.2, -0.15) is 0 Å². The first-order valence-electron chi connectivity index (χ1n) is 5.53. The Morgan fingerprint density at radius 2 is 1.90 bits per heavy atom. The molecule has 0 amide bonds. The SMILES string of the molecule is Cc1cc(Cl)ccc1NS(=O)(=O)c1ccc(Br)c(F)c1. The molecule has 7 heteroatoms. The van der Waals surface area contributed by atoms with E-state index < -0.39 is 15.8 Å². The second-order valence-electron chi connectivity index (χ2n) is 4.14. The lowest BCUT2D eigenvalue weighted by molar-refractivity contribution is 0.593. The fourth-order valence-corrected chi connectivity index (χ4v) is 3.20. The minimum absolute atomic E-state index is 0.146. The molecule has 0 aliphatic rings. The fourth-order valence-electron chi connectivity index (χ4n) is 1.59. The van der Waals surface area contributed by atoms with Gasteiger partial charge < -0.3 is 0 Å². The molecule has 0 saturated heterocycles. The van der Waals surface area contributed by atoms with Crippen LogP contribution in [0.5, 0.6) is 0 Å². The van der Waals surface area contributed by atoms with Crippen LogP contribution in [0.25, 0.3) is 0 Å². The van der Waals surface area contributed by atoms with Crippen LogP contribution in [0, 0.1) is 12.7 Å². The second-order valence-corrected chi connectivity index (χ2v) is 7.11. The Morgan fingerprint density at radius 1 is 1.20 bits per heavy atom. The van der Waals surface area contributed by atoms with Crippen molar-refractivity contribution in [3.05, 3.63) is 57.3 Å². The Balaban J connectivity index is 2.38. The van der Waals surface area contributed by atoms with E-state index >= 15 is 0 Å². The van der Waals surface area contributed by atoms with Crippen molar-refractivity contribution in [3.8, 4) is 0 Å². The lowest BCUT2D eigenvalue weighted by atomic mass is 10.2. The normalized spacial score (nSPS) is 11.4. The smallest absolute Gasteiger partial charge is 0.262 e. The van der Waals surface area contributed by atoms with Crippen molar-refractivity contribution in [1.29, 1.82) is 0 Å². The molecule has 106 valence electrons. The van der Waals surface area contributed by atoms with Crippen LogP contribution in [0.3, 0.4) is 0 Å². The summed E-state index contributed by atoms with van der Waals surface area (Å²) < 4.78 is 40.4. The van der Waals surface area contributed by atoms with E-state index in [4.69, 9.17) is 11.6 Å². The van der Waals surface area contributed by atoms with E-state index in [1.807, 2.05) is 0 Å². The molecule has 1 N–H and O–H groups in total. The van der Waals surface area contributed by atoms with Gasteiger partial charge in [-0.15, -0.1) is 0 Å². The summed E-state index contributed by atoms with van der Waals surface area (Å²) in [4.78, 5) is -0.146. The number of anilines is 1. The molecule has 3 nitrogen and oxygen atoms in total. The number of hydrogen-bond acceptors (Lipinski definition) is 2. The van der Waals surface area contributed by atoms with Crippen molar-refractivity contribution < 1.29 is 12.8 Å². The highest BCUT2D eigenvalue weighted by Crippen LogP contribution is 2.24. The van der Waals surface area contributed by atoms with Crippen molar-refractivity contribution in [3.63, 3.8) is 0 Å². The van der Waals surface area contributed by atoms with Crippen LogP contribution in [0.15, 0.2) is 45.8 Å². The number of nitrogens with one attached hydrogen (secondary N) is 1. The minimum Gasteiger partial charge on any atom is -0.279 e. The Kier molecular flexibility index (Phi) is 4.36. The van der Waals surface area contributed by atoms with Crippen LogP contribution in [0.1, 0.15) is 5.56 Å². The Bertz CT molecular complexity index is 765. The molecule has 0 atom stereocenters. The number of benzene rings is 2. The summed E-state index contributed by atoms with van der Waals surface area (Å²) in [5.41, 5.74) is 1.08. The van der Waals surface area contributed by atoms with E-state index in [1.54, 1.807) is 25.1 Å². The zero-order chi connectivity index (χ0) is 14.9. The molecule has 0 aliphatic carbocycles. The first-order chi connectivity index (χ1) is 9.29. The van der Waals surface area contributed by atoms with Gasteiger partial charge in [0.25, 0.3) is 10.0 Å². The highest BCUT2D eigenvalue weighted by Gasteiger charge is 2.17. The van der Waals surface area contributed by atoms with Crippen molar-refractivity contribution in [2.45, 2.75) is 11.8 Å². The van der Waals surface area contributed by atoms with Gasteiger partial charge in [0, 0.05) is 5.02 Å². The van der Waals surface area contributed by atoms with Gasteiger partial charge in [0.2, 0.25) is 0 Å². The van der Waals surface area contributed by atoms with Gasteiger partial charge in [0.15, 0.2) is 0 Å². The van der Waals surface area contributed by atoms with Crippen LogP contribution in [0.4, 0.5) is 10.1 Å². The van der Waals surface area contributed by atoms with Gasteiger partial charge in [-0.3, -0.25) is 4.72 Å². The molecule has 0 aromatic heterocycles. The first kappa shape index (κ1) is 15.3. The molecular formula is C13H10BrClFNO2S. The van der Waals surface area contributed by atoms with E-state index in [1.165, 1.54) is 12.1 Å². The minimum atomic E-state index is -3.84. The molecule has 0 fully saturated rings. The third-order valence-electron chi connectivity index (χ3n) is 2.63. The predicted molar refractivity (Wildman–Crippen MR) is 81.1 cm³/mol. The average Bonchev–Trinajstić information content (AvgIpc) is 2.36. The van der Waals surface area contributed by atoms with Crippen molar-refractivity contribution in [2.75, 3.05) is 4.72 Å². The first-order valence-corrected chi connectivity index (χ1v) is 8.19. The topological polar surface area (TPSA) is 46.2 Å².